The Kier molecular flexibility index (Phi) is 3.55. The van der Waals surface area contributed by atoms with Crippen LogP contribution in [0.3, 0.4) is 0 Å². The lowest BCUT2D eigenvalue weighted by Gasteiger charge is -2.10. The standard InChI is InChI=1S/C20H19N3O3/c24-19(21-15-4-6-17-13(11-15)7-10-25-17)14-3-5-18-16(12-14)22-20(26-18)23-8-1-2-9-23/h3-6,11-12H,1-2,7-10H2,(H,21,24). The highest BCUT2D eigenvalue weighted by atomic mass is 16.5. The van der Waals surface area contributed by atoms with Crippen molar-refractivity contribution in [2.75, 3.05) is 29.9 Å². The predicted molar refractivity (Wildman–Crippen MR) is 99.1 cm³/mol. The molecule has 3 heterocycles. The van der Waals surface area contributed by atoms with Crippen LogP contribution in [-0.4, -0.2) is 30.6 Å². The number of ether oxygens (including phenoxy) is 1. The molecule has 0 saturated carbocycles. The molecule has 1 N–H and O–H groups in total. The third kappa shape index (κ3) is 2.67. The number of fused-ring (bicyclic) bond motifs is 2. The van der Waals surface area contributed by atoms with Gasteiger partial charge >= 0.3 is 0 Å². The summed E-state index contributed by atoms with van der Waals surface area (Å²) in [5.74, 6) is 0.748. The largest absolute Gasteiger partial charge is 0.493 e. The fourth-order valence-electron chi connectivity index (χ4n) is 3.57. The van der Waals surface area contributed by atoms with Gasteiger partial charge in [0.2, 0.25) is 0 Å². The second kappa shape index (κ2) is 6.05. The van der Waals surface area contributed by atoms with E-state index in [0.717, 1.165) is 49.4 Å². The third-order valence-electron chi connectivity index (χ3n) is 4.96. The smallest absolute Gasteiger partial charge is 0.298 e. The number of anilines is 2. The van der Waals surface area contributed by atoms with Crippen LogP contribution in [-0.2, 0) is 6.42 Å². The van der Waals surface area contributed by atoms with E-state index in [9.17, 15) is 4.79 Å². The third-order valence-corrected chi connectivity index (χ3v) is 4.96. The average Bonchev–Trinajstić information content (AvgIpc) is 3.39. The van der Waals surface area contributed by atoms with Gasteiger partial charge in [0.1, 0.15) is 11.3 Å². The summed E-state index contributed by atoms with van der Waals surface area (Å²) in [4.78, 5) is 19.3. The molecule has 2 aliphatic heterocycles. The lowest BCUT2D eigenvalue weighted by Crippen LogP contribution is -2.17. The number of oxazole rings is 1. The predicted octanol–water partition coefficient (Wildman–Crippen LogP) is 3.62. The quantitative estimate of drug-likeness (QED) is 0.782. The molecule has 2 aliphatic rings. The van der Waals surface area contributed by atoms with Gasteiger partial charge in [-0.05, 0) is 54.8 Å². The number of carbonyl (C=O) groups excluding carboxylic acids is 1. The molecule has 0 spiro atoms. The van der Waals surface area contributed by atoms with E-state index in [1.165, 1.54) is 0 Å². The van der Waals surface area contributed by atoms with Crippen LogP contribution < -0.4 is 15.0 Å². The normalized spacial score (nSPS) is 15.9. The number of nitrogens with zero attached hydrogens (tertiary/aromatic N) is 2. The highest BCUT2D eigenvalue weighted by Crippen LogP contribution is 2.29. The molecule has 1 saturated heterocycles. The van der Waals surface area contributed by atoms with E-state index in [2.05, 4.69) is 15.2 Å². The number of hydrogen-bond acceptors (Lipinski definition) is 5. The van der Waals surface area contributed by atoms with Crippen LogP contribution in [0.15, 0.2) is 40.8 Å². The van der Waals surface area contributed by atoms with Crippen molar-refractivity contribution in [2.24, 2.45) is 0 Å². The zero-order valence-electron chi connectivity index (χ0n) is 14.3. The maximum atomic E-state index is 12.6. The first kappa shape index (κ1) is 15.3. The molecular formula is C20H19N3O3. The monoisotopic (exact) mass is 349 g/mol. The van der Waals surface area contributed by atoms with Crippen LogP contribution in [0.25, 0.3) is 11.1 Å². The fraction of sp³-hybridized carbons (Fsp3) is 0.300. The van der Waals surface area contributed by atoms with Gasteiger partial charge in [-0.1, -0.05) is 0 Å². The first-order valence-electron chi connectivity index (χ1n) is 8.99. The molecule has 1 fully saturated rings. The van der Waals surface area contributed by atoms with E-state index in [-0.39, 0.29) is 5.91 Å². The van der Waals surface area contributed by atoms with Crippen molar-refractivity contribution in [1.29, 1.82) is 0 Å². The van der Waals surface area contributed by atoms with Crippen molar-refractivity contribution in [2.45, 2.75) is 19.3 Å². The number of amides is 1. The second-order valence-electron chi connectivity index (χ2n) is 6.75. The first-order valence-corrected chi connectivity index (χ1v) is 8.99. The maximum absolute atomic E-state index is 12.6. The molecule has 0 bridgehead atoms. The average molecular weight is 349 g/mol. The summed E-state index contributed by atoms with van der Waals surface area (Å²) in [6, 6.07) is 11.8. The minimum atomic E-state index is -0.156. The van der Waals surface area contributed by atoms with Gasteiger partial charge < -0.3 is 19.4 Å². The fourth-order valence-corrected chi connectivity index (χ4v) is 3.57. The zero-order valence-corrected chi connectivity index (χ0v) is 14.3. The molecule has 0 aliphatic carbocycles. The van der Waals surface area contributed by atoms with E-state index in [0.29, 0.717) is 29.3 Å². The maximum Gasteiger partial charge on any atom is 0.298 e. The summed E-state index contributed by atoms with van der Waals surface area (Å²) >= 11 is 0. The lowest BCUT2D eigenvalue weighted by molar-refractivity contribution is 0.102. The van der Waals surface area contributed by atoms with Gasteiger partial charge in [0.05, 0.1) is 6.61 Å². The van der Waals surface area contributed by atoms with Crippen LogP contribution in [0.2, 0.25) is 0 Å². The molecule has 0 atom stereocenters. The Labute approximate surface area is 150 Å². The van der Waals surface area contributed by atoms with Crippen LogP contribution in [0.1, 0.15) is 28.8 Å². The summed E-state index contributed by atoms with van der Waals surface area (Å²) in [6.07, 6.45) is 3.21. The molecule has 1 amide bonds. The van der Waals surface area contributed by atoms with Gasteiger partial charge in [-0.25, -0.2) is 0 Å². The number of hydrogen-bond donors (Lipinski definition) is 1. The van der Waals surface area contributed by atoms with E-state index >= 15 is 0 Å². The van der Waals surface area contributed by atoms with Crippen LogP contribution >= 0.6 is 0 Å². The van der Waals surface area contributed by atoms with Crippen molar-refractivity contribution < 1.29 is 13.9 Å². The Morgan fingerprint density at radius 2 is 2.00 bits per heavy atom. The highest BCUT2D eigenvalue weighted by molar-refractivity contribution is 6.06. The molecule has 5 rings (SSSR count). The Morgan fingerprint density at radius 1 is 1.12 bits per heavy atom. The van der Waals surface area contributed by atoms with Crippen LogP contribution in [0.4, 0.5) is 11.7 Å². The van der Waals surface area contributed by atoms with Crippen molar-refractivity contribution in [1.82, 2.24) is 4.98 Å². The van der Waals surface area contributed by atoms with E-state index in [4.69, 9.17) is 9.15 Å². The number of nitrogens with one attached hydrogen (secondary N) is 1. The lowest BCUT2D eigenvalue weighted by atomic mass is 10.1. The van der Waals surface area contributed by atoms with Crippen molar-refractivity contribution in [3.05, 3.63) is 47.5 Å². The molecule has 3 aromatic rings. The number of rotatable bonds is 3. The Hall–Kier alpha value is -3.02. The Morgan fingerprint density at radius 3 is 2.88 bits per heavy atom. The summed E-state index contributed by atoms with van der Waals surface area (Å²) < 4.78 is 11.3. The second-order valence-corrected chi connectivity index (χ2v) is 6.75. The molecule has 0 radical (unpaired) electrons. The molecule has 6 heteroatoms. The van der Waals surface area contributed by atoms with Crippen LogP contribution in [0, 0.1) is 0 Å². The molecule has 2 aromatic carbocycles. The van der Waals surface area contributed by atoms with E-state index in [1.807, 2.05) is 24.3 Å². The van der Waals surface area contributed by atoms with E-state index < -0.39 is 0 Å². The molecule has 1 aromatic heterocycles. The summed E-state index contributed by atoms with van der Waals surface area (Å²) in [6.45, 7) is 2.65. The van der Waals surface area contributed by atoms with Crippen molar-refractivity contribution in [3.8, 4) is 5.75 Å². The number of carbonyl (C=O) groups is 1. The van der Waals surface area contributed by atoms with Crippen molar-refractivity contribution >= 4 is 28.7 Å². The molecular weight excluding hydrogens is 330 g/mol. The van der Waals surface area contributed by atoms with Gasteiger partial charge in [0, 0.05) is 30.8 Å². The van der Waals surface area contributed by atoms with Gasteiger partial charge in [-0.15, -0.1) is 0 Å². The van der Waals surface area contributed by atoms with Gasteiger partial charge in [0.15, 0.2) is 5.58 Å². The van der Waals surface area contributed by atoms with Gasteiger partial charge in [-0.3, -0.25) is 4.79 Å². The SMILES string of the molecule is O=C(Nc1ccc2c(c1)CCO2)c1ccc2oc(N3CCCC3)nc2c1. The number of benzene rings is 2. The summed E-state index contributed by atoms with van der Waals surface area (Å²) in [5, 5.41) is 2.95. The first-order chi connectivity index (χ1) is 12.8. The Bertz CT molecular complexity index is 989. The van der Waals surface area contributed by atoms with E-state index in [1.54, 1.807) is 12.1 Å². The Balaban J connectivity index is 1.38. The van der Waals surface area contributed by atoms with Gasteiger partial charge in [-0.2, -0.15) is 4.98 Å². The number of aromatic nitrogens is 1. The summed E-state index contributed by atoms with van der Waals surface area (Å²) in [5.41, 5.74) is 3.89. The molecule has 26 heavy (non-hydrogen) atoms. The van der Waals surface area contributed by atoms with Crippen molar-refractivity contribution in [3.63, 3.8) is 0 Å². The topological polar surface area (TPSA) is 67.6 Å². The van der Waals surface area contributed by atoms with Gasteiger partial charge in [0.25, 0.3) is 11.9 Å². The minimum absolute atomic E-state index is 0.156. The highest BCUT2D eigenvalue weighted by Gasteiger charge is 2.19. The minimum Gasteiger partial charge on any atom is -0.493 e. The molecule has 6 nitrogen and oxygen atoms in total. The zero-order chi connectivity index (χ0) is 17.5. The molecule has 132 valence electrons. The molecule has 0 unspecified atom stereocenters. The summed E-state index contributed by atoms with van der Waals surface area (Å²) in [7, 11) is 0. The van der Waals surface area contributed by atoms with Crippen LogP contribution in [0.5, 0.6) is 5.75 Å².